The molecule has 3 rings (SSSR count). The first-order chi connectivity index (χ1) is 9.72. The SMILES string of the molecule is Cc1cc(Oc2ccc(Br)cc2)ccc1N1CCCC1. The highest BCUT2D eigenvalue weighted by molar-refractivity contribution is 9.10. The number of ether oxygens (including phenoxy) is 1. The van der Waals surface area contributed by atoms with Gasteiger partial charge in [0.2, 0.25) is 0 Å². The Hall–Kier alpha value is -1.48. The molecule has 104 valence electrons. The number of hydrogen-bond donors (Lipinski definition) is 0. The van der Waals surface area contributed by atoms with Crippen LogP contribution in [0.15, 0.2) is 46.9 Å². The zero-order valence-corrected chi connectivity index (χ0v) is 13.2. The molecular weight excluding hydrogens is 314 g/mol. The Balaban J connectivity index is 1.77. The molecule has 2 nitrogen and oxygen atoms in total. The summed E-state index contributed by atoms with van der Waals surface area (Å²) in [4.78, 5) is 2.46. The molecule has 20 heavy (non-hydrogen) atoms. The number of benzene rings is 2. The van der Waals surface area contributed by atoms with Crippen molar-refractivity contribution in [2.45, 2.75) is 19.8 Å². The van der Waals surface area contributed by atoms with Gasteiger partial charge in [0.15, 0.2) is 0 Å². The van der Waals surface area contributed by atoms with Crippen molar-refractivity contribution in [2.24, 2.45) is 0 Å². The van der Waals surface area contributed by atoms with Crippen molar-refractivity contribution < 1.29 is 4.74 Å². The van der Waals surface area contributed by atoms with Crippen molar-refractivity contribution in [2.75, 3.05) is 18.0 Å². The zero-order valence-electron chi connectivity index (χ0n) is 11.6. The van der Waals surface area contributed by atoms with E-state index in [1.165, 1.54) is 37.2 Å². The molecule has 0 atom stereocenters. The van der Waals surface area contributed by atoms with Gasteiger partial charge in [0.05, 0.1) is 0 Å². The highest BCUT2D eigenvalue weighted by atomic mass is 79.9. The standard InChI is InChI=1S/C17H18BrNO/c1-13-12-16(20-15-6-4-14(18)5-7-15)8-9-17(13)19-10-2-3-11-19/h4-9,12H,2-3,10-11H2,1H3. The first-order valence-corrected chi connectivity index (χ1v) is 7.81. The number of aryl methyl sites for hydroxylation is 1. The van der Waals surface area contributed by atoms with Crippen LogP contribution in [0.25, 0.3) is 0 Å². The van der Waals surface area contributed by atoms with Crippen molar-refractivity contribution in [3.63, 3.8) is 0 Å². The lowest BCUT2D eigenvalue weighted by atomic mass is 10.1. The lowest BCUT2D eigenvalue weighted by Crippen LogP contribution is -2.18. The van der Waals surface area contributed by atoms with E-state index in [-0.39, 0.29) is 0 Å². The van der Waals surface area contributed by atoms with Crippen molar-refractivity contribution in [3.05, 3.63) is 52.5 Å². The summed E-state index contributed by atoms with van der Waals surface area (Å²) in [5.74, 6) is 1.76. The van der Waals surface area contributed by atoms with Gasteiger partial charge in [-0.2, -0.15) is 0 Å². The van der Waals surface area contributed by atoms with Gasteiger partial charge in [0.1, 0.15) is 11.5 Å². The maximum absolute atomic E-state index is 5.89. The average Bonchev–Trinajstić information content (AvgIpc) is 2.95. The van der Waals surface area contributed by atoms with Crippen LogP contribution in [0.5, 0.6) is 11.5 Å². The molecule has 0 bridgehead atoms. The van der Waals surface area contributed by atoms with E-state index in [1.54, 1.807) is 0 Å². The second-order valence-corrected chi connectivity index (χ2v) is 6.11. The third kappa shape index (κ3) is 2.98. The largest absolute Gasteiger partial charge is 0.457 e. The van der Waals surface area contributed by atoms with Gasteiger partial charge in [-0.25, -0.2) is 0 Å². The summed E-state index contributed by atoms with van der Waals surface area (Å²) in [6, 6.07) is 14.3. The summed E-state index contributed by atoms with van der Waals surface area (Å²) in [5, 5.41) is 0. The maximum Gasteiger partial charge on any atom is 0.127 e. The van der Waals surface area contributed by atoms with Gasteiger partial charge < -0.3 is 9.64 Å². The topological polar surface area (TPSA) is 12.5 Å². The summed E-state index contributed by atoms with van der Waals surface area (Å²) in [7, 11) is 0. The number of rotatable bonds is 3. The van der Waals surface area contributed by atoms with Crippen LogP contribution in [0.4, 0.5) is 5.69 Å². The second kappa shape index (κ2) is 5.88. The molecule has 0 spiro atoms. The van der Waals surface area contributed by atoms with E-state index < -0.39 is 0 Å². The molecule has 0 N–H and O–H groups in total. The molecule has 1 aliphatic heterocycles. The fourth-order valence-corrected chi connectivity index (χ4v) is 2.91. The first-order valence-electron chi connectivity index (χ1n) is 7.01. The predicted molar refractivity (Wildman–Crippen MR) is 86.8 cm³/mol. The molecule has 1 fully saturated rings. The Bertz CT molecular complexity index is 588. The quantitative estimate of drug-likeness (QED) is 0.771. The first kappa shape index (κ1) is 13.5. The monoisotopic (exact) mass is 331 g/mol. The van der Waals surface area contributed by atoms with Gasteiger partial charge in [-0.15, -0.1) is 0 Å². The highest BCUT2D eigenvalue weighted by Gasteiger charge is 2.14. The Morgan fingerprint density at radius 1 is 0.950 bits per heavy atom. The van der Waals surface area contributed by atoms with Crippen LogP contribution in [0, 0.1) is 6.92 Å². The Kier molecular flexibility index (Phi) is 3.97. The number of halogens is 1. The van der Waals surface area contributed by atoms with E-state index in [0.717, 1.165) is 16.0 Å². The van der Waals surface area contributed by atoms with Crippen LogP contribution in [-0.2, 0) is 0 Å². The Morgan fingerprint density at radius 2 is 1.60 bits per heavy atom. The minimum Gasteiger partial charge on any atom is -0.457 e. The summed E-state index contributed by atoms with van der Waals surface area (Å²) < 4.78 is 6.95. The van der Waals surface area contributed by atoms with Gasteiger partial charge in [-0.1, -0.05) is 15.9 Å². The Labute approximate surface area is 128 Å². The van der Waals surface area contributed by atoms with Crippen LogP contribution in [0.1, 0.15) is 18.4 Å². The van der Waals surface area contributed by atoms with E-state index in [1.807, 2.05) is 24.3 Å². The summed E-state index contributed by atoms with van der Waals surface area (Å²) in [5.41, 5.74) is 2.62. The van der Waals surface area contributed by atoms with Crippen LogP contribution in [-0.4, -0.2) is 13.1 Å². The molecule has 3 heteroatoms. The van der Waals surface area contributed by atoms with Gasteiger partial charge in [-0.05, 0) is 67.8 Å². The molecule has 1 aliphatic rings. The second-order valence-electron chi connectivity index (χ2n) is 5.20. The normalized spacial score (nSPS) is 14.6. The van der Waals surface area contributed by atoms with Crippen LogP contribution in [0.2, 0.25) is 0 Å². The number of nitrogens with zero attached hydrogens (tertiary/aromatic N) is 1. The van der Waals surface area contributed by atoms with Crippen molar-refractivity contribution in [3.8, 4) is 11.5 Å². The maximum atomic E-state index is 5.89. The third-order valence-electron chi connectivity index (χ3n) is 3.66. The molecule has 1 heterocycles. The van der Waals surface area contributed by atoms with Gasteiger partial charge >= 0.3 is 0 Å². The molecule has 0 aliphatic carbocycles. The minimum atomic E-state index is 0.863. The molecule has 2 aromatic carbocycles. The van der Waals surface area contributed by atoms with Crippen LogP contribution < -0.4 is 9.64 Å². The van der Waals surface area contributed by atoms with E-state index >= 15 is 0 Å². The average molecular weight is 332 g/mol. The smallest absolute Gasteiger partial charge is 0.127 e. The zero-order chi connectivity index (χ0) is 13.9. The lowest BCUT2D eigenvalue weighted by molar-refractivity contribution is 0.482. The highest BCUT2D eigenvalue weighted by Crippen LogP contribution is 2.30. The van der Waals surface area contributed by atoms with Gasteiger partial charge in [-0.3, -0.25) is 0 Å². The van der Waals surface area contributed by atoms with Crippen LogP contribution >= 0.6 is 15.9 Å². The molecule has 0 saturated carbocycles. The fraction of sp³-hybridized carbons (Fsp3) is 0.294. The molecule has 2 aromatic rings. The molecule has 0 radical (unpaired) electrons. The van der Waals surface area contributed by atoms with Gasteiger partial charge in [0, 0.05) is 23.2 Å². The van der Waals surface area contributed by atoms with E-state index in [4.69, 9.17) is 4.74 Å². The molecule has 0 unspecified atom stereocenters. The van der Waals surface area contributed by atoms with Gasteiger partial charge in [0.25, 0.3) is 0 Å². The molecule has 1 saturated heterocycles. The lowest BCUT2D eigenvalue weighted by Gasteiger charge is -2.20. The van der Waals surface area contributed by atoms with Crippen molar-refractivity contribution in [1.82, 2.24) is 0 Å². The summed E-state index contributed by atoms with van der Waals surface area (Å²) >= 11 is 3.43. The van der Waals surface area contributed by atoms with Crippen molar-refractivity contribution in [1.29, 1.82) is 0 Å². The van der Waals surface area contributed by atoms with Crippen molar-refractivity contribution >= 4 is 21.6 Å². The number of hydrogen-bond acceptors (Lipinski definition) is 2. The fourth-order valence-electron chi connectivity index (χ4n) is 2.64. The van der Waals surface area contributed by atoms with E-state index in [0.29, 0.717) is 0 Å². The molecular formula is C17H18BrNO. The third-order valence-corrected chi connectivity index (χ3v) is 4.19. The summed E-state index contributed by atoms with van der Waals surface area (Å²) in [6.45, 7) is 4.50. The molecule has 0 aromatic heterocycles. The van der Waals surface area contributed by atoms with E-state index in [9.17, 15) is 0 Å². The van der Waals surface area contributed by atoms with E-state index in [2.05, 4.69) is 46.0 Å². The number of anilines is 1. The predicted octanol–water partition coefficient (Wildman–Crippen LogP) is 5.15. The Morgan fingerprint density at radius 3 is 2.25 bits per heavy atom. The van der Waals surface area contributed by atoms with Crippen LogP contribution in [0.3, 0.4) is 0 Å². The summed E-state index contributed by atoms with van der Waals surface area (Å²) in [6.07, 6.45) is 2.60. The molecule has 0 amide bonds. The minimum absolute atomic E-state index is 0.863.